The lowest BCUT2D eigenvalue weighted by Gasteiger charge is -2.08. The van der Waals surface area contributed by atoms with Gasteiger partial charge in [-0.2, -0.15) is 4.98 Å². The molecule has 0 fully saturated rings. The molecule has 2 heterocycles. The van der Waals surface area contributed by atoms with Crippen LogP contribution >= 0.6 is 0 Å². The number of rotatable bonds is 6. The van der Waals surface area contributed by atoms with E-state index >= 15 is 0 Å². The number of anilines is 1. The second kappa shape index (κ2) is 7.12. The van der Waals surface area contributed by atoms with Crippen LogP contribution in [0.4, 0.5) is 10.1 Å². The molecule has 0 unspecified atom stereocenters. The summed E-state index contributed by atoms with van der Waals surface area (Å²) in [5.41, 5.74) is 0.203. The molecule has 0 aliphatic carbocycles. The molecule has 0 aliphatic heterocycles. The summed E-state index contributed by atoms with van der Waals surface area (Å²) in [7, 11) is 0. The summed E-state index contributed by atoms with van der Waals surface area (Å²) in [6.07, 6.45) is 2.72. The van der Waals surface area contributed by atoms with E-state index in [1.807, 2.05) is 0 Å². The molecule has 1 aromatic carbocycles. The molecule has 9 heteroatoms. The van der Waals surface area contributed by atoms with Gasteiger partial charge in [-0.25, -0.2) is 4.39 Å². The molecular weight excluding hydrogens is 329 g/mol. The van der Waals surface area contributed by atoms with Gasteiger partial charge in [0.25, 0.3) is 5.56 Å². The largest absolute Gasteiger partial charge is 0.339 e. The SMILES string of the molecule is Cc1noc(CCCC(=O)Nc2ccc(-n3ccc(=O)[nH]3)c(F)c2)n1. The smallest absolute Gasteiger partial charge is 0.264 e. The third kappa shape index (κ3) is 4.19. The van der Waals surface area contributed by atoms with E-state index in [9.17, 15) is 14.0 Å². The van der Waals surface area contributed by atoms with Crippen molar-refractivity contribution in [2.75, 3.05) is 5.32 Å². The zero-order chi connectivity index (χ0) is 17.8. The number of hydrogen-bond donors (Lipinski definition) is 2. The van der Waals surface area contributed by atoms with Gasteiger partial charge in [0.05, 0.1) is 5.69 Å². The van der Waals surface area contributed by atoms with Crippen molar-refractivity contribution in [3.05, 3.63) is 58.3 Å². The van der Waals surface area contributed by atoms with E-state index < -0.39 is 5.82 Å². The van der Waals surface area contributed by atoms with E-state index in [-0.39, 0.29) is 23.6 Å². The Morgan fingerprint density at radius 1 is 1.40 bits per heavy atom. The van der Waals surface area contributed by atoms with Crippen molar-refractivity contribution in [2.24, 2.45) is 0 Å². The Hall–Kier alpha value is -3.23. The molecule has 3 rings (SSSR count). The van der Waals surface area contributed by atoms with E-state index in [2.05, 4.69) is 20.6 Å². The first-order valence-corrected chi connectivity index (χ1v) is 7.68. The van der Waals surface area contributed by atoms with Crippen LogP contribution in [-0.2, 0) is 11.2 Å². The number of amides is 1. The predicted molar refractivity (Wildman–Crippen MR) is 87.0 cm³/mol. The van der Waals surface area contributed by atoms with Crippen molar-refractivity contribution in [2.45, 2.75) is 26.2 Å². The molecule has 0 saturated heterocycles. The lowest BCUT2D eigenvalue weighted by molar-refractivity contribution is -0.116. The highest BCUT2D eigenvalue weighted by atomic mass is 19.1. The number of nitrogens with zero attached hydrogens (tertiary/aromatic N) is 3. The monoisotopic (exact) mass is 345 g/mol. The molecule has 0 saturated carbocycles. The van der Waals surface area contributed by atoms with Gasteiger partial charge in [-0.3, -0.25) is 19.4 Å². The molecule has 0 radical (unpaired) electrons. The molecule has 2 N–H and O–H groups in total. The number of H-pyrrole nitrogens is 1. The van der Waals surface area contributed by atoms with Crippen molar-refractivity contribution in [3.63, 3.8) is 0 Å². The molecule has 0 spiro atoms. The molecular formula is C16H16FN5O3. The van der Waals surface area contributed by atoms with E-state index in [4.69, 9.17) is 4.52 Å². The normalized spacial score (nSPS) is 10.8. The van der Waals surface area contributed by atoms with Gasteiger partial charge in [0.1, 0.15) is 0 Å². The lowest BCUT2D eigenvalue weighted by atomic mass is 10.2. The number of halogens is 1. The van der Waals surface area contributed by atoms with Gasteiger partial charge in [-0.15, -0.1) is 0 Å². The molecule has 25 heavy (non-hydrogen) atoms. The average molecular weight is 345 g/mol. The lowest BCUT2D eigenvalue weighted by Crippen LogP contribution is -2.12. The number of aryl methyl sites for hydroxylation is 2. The highest BCUT2D eigenvalue weighted by Crippen LogP contribution is 2.17. The van der Waals surface area contributed by atoms with E-state index in [0.717, 1.165) is 0 Å². The van der Waals surface area contributed by atoms with Crippen LogP contribution in [0.1, 0.15) is 24.6 Å². The summed E-state index contributed by atoms with van der Waals surface area (Å²) < 4.78 is 20.4. The zero-order valence-electron chi connectivity index (χ0n) is 13.5. The fourth-order valence-electron chi connectivity index (χ4n) is 2.32. The van der Waals surface area contributed by atoms with Crippen LogP contribution in [0, 0.1) is 12.7 Å². The van der Waals surface area contributed by atoms with Gasteiger partial charge in [0.15, 0.2) is 11.6 Å². The van der Waals surface area contributed by atoms with Crippen LogP contribution in [0.15, 0.2) is 39.8 Å². The minimum absolute atomic E-state index is 0.187. The topological polar surface area (TPSA) is 106 Å². The van der Waals surface area contributed by atoms with Crippen LogP contribution in [0.5, 0.6) is 0 Å². The van der Waals surface area contributed by atoms with Crippen molar-refractivity contribution >= 4 is 11.6 Å². The molecule has 0 aliphatic rings. The summed E-state index contributed by atoms with van der Waals surface area (Å²) in [6, 6.07) is 5.53. The summed E-state index contributed by atoms with van der Waals surface area (Å²) >= 11 is 0. The maximum Gasteiger partial charge on any atom is 0.264 e. The van der Waals surface area contributed by atoms with E-state index in [0.29, 0.717) is 30.2 Å². The first-order valence-electron chi connectivity index (χ1n) is 7.68. The van der Waals surface area contributed by atoms with Crippen LogP contribution < -0.4 is 10.9 Å². The van der Waals surface area contributed by atoms with Gasteiger partial charge in [0, 0.05) is 30.8 Å². The van der Waals surface area contributed by atoms with Crippen LogP contribution in [-0.4, -0.2) is 25.8 Å². The third-order valence-corrected chi connectivity index (χ3v) is 3.46. The summed E-state index contributed by atoms with van der Waals surface area (Å²) in [4.78, 5) is 27.1. The Labute approximate surface area is 141 Å². The van der Waals surface area contributed by atoms with Gasteiger partial charge in [-0.1, -0.05) is 5.16 Å². The molecule has 8 nitrogen and oxygen atoms in total. The summed E-state index contributed by atoms with van der Waals surface area (Å²) in [6.45, 7) is 1.72. The molecule has 3 aromatic rings. The Bertz CT molecular complexity index is 943. The zero-order valence-corrected chi connectivity index (χ0v) is 13.5. The first-order chi connectivity index (χ1) is 12.0. The molecule has 130 valence electrons. The molecule has 0 bridgehead atoms. The minimum atomic E-state index is -0.564. The average Bonchev–Trinajstić information content (AvgIpc) is 3.16. The first kappa shape index (κ1) is 16.6. The highest BCUT2D eigenvalue weighted by Gasteiger charge is 2.09. The van der Waals surface area contributed by atoms with Crippen molar-refractivity contribution in [1.82, 2.24) is 19.9 Å². The Kier molecular flexibility index (Phi) is 4.73. The maximum atomic E-state index is 14.1. The predicted octanol–water partition coefficient (Wildman–Crippen LogP) is 1.96. The van der Waals surface area contributed by atoms with Crippen molar-refractivity contribution in [1.29, 1.82) is 0 Å². The number of carbonyl (C=O) groups excluding carboxylic acids is 1. The highest BCUT2D eigenvalue weighted by molar-refractivity contribution is 5.90. The fraction of sp³-hybridized carbons (Fsp3) is 0.250. The van der Waals surface area contributed by atoms with E-state index in [1.165, 1.54) is 29.1 Å². The standard InChI is InChI=1S/C16H16FN5O3/c1-10-18-16(25-21-10)4-2-3-14(23)19-11-5-6-13(12(17)9-11)22-8-7-15(24)20-22/h5-9H,2-4H2,1H3,(H,19,23)(H,20,24). The van der Waals surface area contributed by atoms with Crippen LogP contribution in [0.3, 0.4) is 0 Å². The van der Waals surface area contributed by atoms with Crippen LogP contribution in [0.25, 0.3) is 5.69 Å². The maximum absolute atomic E-state index is 14.1. The Morgan fingerprint density at radius 2 is 2.24 bits per heavy atom. The minimum Gasteiger partial charge on any atom is -0.339 e. The molecule has 0 atom stereocenters. The van der Waals surface area contributed by atoms with E-state index in [1.54, 1.807) is 13.0 Å². The van der Waals surface area contributed by atoms with Crippen molar-refractivity contribution < 1.29 is 13.7 Å². The third-order valence-electron chi connectivity index (χ3n) is 3.46. The van der Waals surface area contributed by atoms with Gasteiger partial charge in [0.2, 0.25) is 11.8 Å². The molecule has 1 amide bonds. The number of aromatic nitrogens is 4. The molecule has 2 aromatic heterocycles. The summed E-state index contributed by atoms with van der Waals surface area (Å²) in [5, 5.41) is 8.76. The second-order valence-electron chi connectivity index (χ2n) is 5.47. The van der Waals surface area contributed by atoms with Crippen molar-refractivity contribution in [3.8, 4) is 5.69 Å². The fourth-order valence-corrected chi connectivity index (χ4v) is 2.32. The van der Waals surface area contributed by atoms with Gasteiger partial charge in [-0.05, 0) is 31.5 Å². The Morgan fingerprint density at radius 3 is 2.88 bits per heavy atom. The number of carbonyl (C=O) groups is 1. The Balaban J connectivity index is 1.56. The number of hydrogen-bond acceptors (Lipinski definition) is 5. The second-order valence-corrected chi connectivity index (χ2v) is 5.47. The summed E-state index contributed by atoms with van der Waals surface area (Å²) in [5.74, 6) is 0.240. The number of aromatic amines is 1. The number of nitrogens with one attached hydrogen (secondary N) is 2. The van der Waals surface area contributed by atoms with Crippen LogP contribution in [0.2, 0.25) is 0 Å². The number of benzene rings is 1. The van der Waals surface area contributed by atoms with Gasteiger partial charge >= 0.3 is 0 Å². The van der Waals surface area contributed by atoms with Gasteiger partial charge < -0.3 is 9.84 Å². The quantitative estimate of drug-likeness (QED) is 0.710.